The van der Waals surface area contributed by atoms with E-state index in [-0.39, 0.29) is 31.5 Å². The van der Waals surface area contributed by atoms with Gasteiger partial charge in [-0.05, 0) is 19.3 Å². The monoisotopic (exact) mass is 329 g/mol. The van der Waals surface area contributed by atoms with Crippen LogP contribution in [0.5, 0.6) is 0 Å². The standard InChI is InChI=1S/C16H27NO6/c1-6-11-23-16(20)17(10-8-9-13(18)22-7-2)14(12(3)4)15(19)21-5/h6,12,14H,1,7-11H2,2-5H3/t14-/m0/s1. The van der Waals surface area contributed by atoms with Gasteiger partial charge in [0.1, 0.15) is 12.6 Å². The van der Waals surface area contributed by atoms with E-state index in [2.05, 4.69) is 6.58 Å². The molecule has 0 aliphatic rings. The summed E-state index contributed by atoms with van der Waals surface area (Å²) in [5, 5.41) is 0. The summed E-state index contributed by atoms with van der Waals surface area (Å²) in [6.07, 6.45) is 1.32. The lowest BCUT2D eigenvalue weighted by Crippen LogP contribution is -2.49. The van der Waals surface area contributed by atoms with Crippen molar-refractivity contribution in [2.24, 2.45) is 5.92 Å². The zero-order chi connectivity index (χ0) is 17.8. The third-order valence-corrected chi connectivity index (χ3v) is 3.05. The molecule has 0 rings (SSSR count). The Bertz CT molecular complexity index is 407. The average Bonchev–Trinajstić information content (AvgIpc) is 2.51. The van der Waals surface area contributed by atoms with E-state index >= 15 is 0 Å². The molecule has 0 fully saturated rings. The molecule has 0 aromatic carbocycles. The van der Waals surface area contributed by atoms with Gasteiger partial charge in [-0.15, -0.1) is 0 Å². The summed E-state index contributed by atoms with van der Waals surface area (Å²) in [4.78, 5) is 36.9. The van der Waals surface area contributed by atoms with Crippen LogP contribution < -0.4 is 0 Å². The molecule has 0 aliphatic carbocycles. The molecule has 0 aromatic rings. The van der Waals surface area contributed by atoms with Crippen LogP contribution in [0.2, 0.25) is 0 Å². The molecule has 0 heterocycles. The lowest BCUT2D eigenvalue weighted by molar-refractivity contribution is -0.148. The minimum absolute atomic E-state index is 0.0409. The first kappa shape index (κ1) is 20.9. The van der Waals surface area contributed by atoms with Crippen LogP contribution in [0, 0.1) is 5.92 Å². The van der Waals surface area contributed by atoms with Crippen molar-refractivity contribution in [3.05, 3.63) is 12.7 Å². The van der Waals surface area contributed by atoms with Gasteiger partial charge in [0.2, 0.25) is 0 Å². The van der Waals surface area contributed by atoms with Crippen molar-refractivity contribution in [2.45, 2.75) is 39.7 Å². The highest BCUT2D eigenvalue weighted by Gasteiger charge is 2.34. The number of hydrogen-bond donors (Lipinski definition) is 0. The first-order chi connectivity index (χ1) is 10.9. The third-order valence-electron chi connectivity index (χ3n) is 3.05. The molecule has 23 heavy (non-hydrogen) atoms. The van der Waals surface area contributed by atoms with E-state index in [9.17, 15) is 14.4 Å². The number of nitrogens with zero attached hydrogens (tertiary/aromatic N) is 1. The van der Waals surface area contributed by atoms with Crippen LogP contribution in [0.1, 0.15) is 33.6 Å². The van der Waals surface area contributed by atoms with Gasteiger partial charge in [0.25, 0.3) is 0 Å². The fourth-order valence-electron chi connectivity index (χ4n) is 2.06. The third kappa shape index (κ3) is 7.67. The Morgan fingerprint density at radius 3 is 2.35 bits per heavy atom. The second-order valence-electron chi connectivity index (χ2n) is 5.18. The number of carbonyl (C=O) groups excluding carboxylic acids is 3. The van der Waals surface area contributed by atoms with Gasteiger partial charge in [-0.2, -0.15) is 0 Å². The summed E-state index contributed by atoms with van der Waals surface area (Å²) in [5.41, 5.74) is 0. The molecule has 0 unspecified atom stereocenters. The van der Waals surface area contributed by atoms with Crippen molar-refractivity contribution in [2.75, 3.05) is 26.9 Å². The van der Waals surface area contributed by atoms with E-state index in [1.807, 2.05) is 0 Å². The molecule has 1 amide bonds. The molecule has 1 atom stereocenters. The van der Waals surface area contributed by atoms with Crippen LogP contribution in [0.25, 0.3) is 0 Å². The number of esters is 2. The zero-order valence-corrected chi connectivity index (χ0v) is 14.4. The van der Waals surface area contributed by atoms with Crippen LogP contribution in [0.3, 0.4) is 0 Å². The lowest BCUT2D eigenvalue weighted by Gasteiger charge is -2.31. The Hall–Kier alpha value is -2.05. The summed E-state index contributed by atoms with van der Waals surface area (Å²) in [7, 11) is 1.27. The van der Waals surface area contributed by atoms with Gasteiger partial charge in [0.05, 0.1) is 13.7 Å². The quantitative estimate of drug-likeness (QED) is 0.347. The highest BCUT2D eigenvalue weighted by atomic mass is 16.6. The molecule has 0 saturated carbocycles. The molecule has 132 valence electrons. The average molecular weight is 329 g/mol. The zero-order valence-electron chi connectivity index (χ0n) is 14.4. The fourth-order valence-corrected chi connectivity index (χ4v) is 2.06. The Kier molecular flexibility index (Phi) is 10.5. The van der Waals surface area contributed by atoms with Crippen molar-refractivity contribution in [3.8, 4) is 0 Å². The lowest BCUT2D eigenvalue weighted by atomic mass is 10.0. The van der Waals surface area contributed by atoms with Crippen LogP contribution in [0.4, 0.5) is 4.79 Å². The van der Waals surface area contributed by atoms with Gasteiger partial charge in [-0.25, -0.2) is 9.59 Å². The van der Waals surface area contributed by atoms with E-state index in [0.29, 0.717) is 13.0 Å². The molecule has 0 N–H and O–H groups in total. The van der Waals surface area contributed by atoms with Crippen molar-refractivity contribution in [3.63, 3.8) is 0 Å². The van der Waals surface area contributed by atoms with E-state index in [1.54, 1.807) is 20.8 Å². The van der Waals surface area contributed by atoms with Gasteiger partial charge in [0.15, 0.2) is 0 Å². The number of amides is 1. The Morgan fingerprint density at radius 1 is 1.22 bits per heavy atom. The molecular formula is C16H27NO6. The summed E-state index contributed by atoms with van der Waals surface area (Å²) < 4.78 is 14.7. The first-order valence-corrected chi connectivity index (χ1v) is 7.66. The maximum absolute atomic E-state index is 12.2. The van der Waals surface area contributed by atoms with Crippen LogP contribution in [-0.4, -0.2) is 55.8 Å². The van der Waals surface area contributed by atoms with Gasteiger partial charge in [-0.1, -0.05) is 26.5 Å². The van der Waals surface area contributed by atoms with Gasteiger partial charge in [-0.3, -0.25) is 9.69 Å². The molecule has 0 radical (unpaired) electrons. The number of rotatable bonds is 10. The van der Waals surface area contributed by atoms with Crippen molar-refractivity contribution in [1.82, 2.24) is 4.90 Å². The summed E-state index contributed by atoms with van der Waals surface area (Å²) in [5.74, 6) is -1.03. The first-order valence-electron chi connectivity index (χ1n) is 7.66. The molecular weight excluding hydrogens is 302 g/mol. The van der Waals surface area contributed by atoms with Gasteiger partial charge >= 0.3 is 18.0 Å². The minimum atomic E-state index is -0.778. The van der Waals surface area contributed by atoms with Crippen molar-refractivity contribution in [1.29, 1.82) is 0 Å². The molecule has 7 heteroatoms. The summed E-state index contributed by atoms with van der Waals surface area (Å²) in [6, 6.07) is -0.778. The highest BCUT2D eigenvalue weighted by molar-refractivity contribution is 5.81. The number of methoxy groups -OCH3 is 1. The maximum atomic E-state index is 12.2. The topological polar surface area (TPSA) is 82.1 Å². The largest absolute Gasteiger partial charge is 0.467 e. The van der Waals surface area contributed by atoms with E-state index < -0.39 is 18.1 Å². The second kappa shape index (κ2) is 11.5. The molecule has 0 spiro atoms. The number of carbonyl (C=O) groups is 3. The summed E-state index contributed by atoms with van der Waals surface area (Å²) >= 11 is 0. The van der Waals surface area contributed by atoms with E-state index in [1.165, 1.54) is 18.1 Å². The molecule has 0 aromatic heterocycles. The van der Waals surface area contributed by atoms with Crippen molar-refractivity contribution >= 4 is 18.0 Å². The minimum Gasteiger partial charge on any atom is -0.467 e. The Morgan fingerprint density at radius 2 is 1.87 bits per heavy atom. The SMILES string of the molecule is C=CCOC(=O)N(CCCC(=O)OCC)[C@H](C(=O)OC)C(C)C. The van der Waals surface area contributed by atoms with Gasteiger partial charge < -0.3 is 14.2 Å². The molecule has 0 aliphatic heterocycles. The predicted molar refractivity (Wildman–Crippen MR) is 84.8 cm³/mol. The maximum Gasteiger partial charge on any atom is 0.410 e. The van der Waals surface area contributed by atoms with Crippen LogP contribution in [-0.2, 0) is 23.8 Å². The summed E-state index contributed by atoms with van der Waals surface area (Å²) in [6.45, 7) is 9.35. The van der Waals surface area contributed by atoms with Crippen molar-refractivity contribution < 1.29 is 28.6 Å². The van der Waals surface area contributed by atoms with Crippen LogP contribution in [0.15, 0.2) is 12.7 Å². The highest BCUT2D eigenvalue weighted by Crippen LogP contribution is 2.15. The van der Waals surface area contributed by atoms with Crippen LogP contribution >= 0.6 is 0 Å². The second-order valence-corrected chi connectivity index (χ2v) is 5.18. The van der Waals surface area contributed by atoms with Gasteiger partial charge in [0, 0.05) is 13.0 Å². The Balaban J connectivity index is 4.97. The number of hydrogen-bond acceptors (Lipinski definition) is 6. The normalized spacial score (nSPS) is 11.5. The Labute approximate surface area is 137 Å². The predicted octanol–water partition coefficient (Wildman–Crippen LogP) is 2.15. The molecule has 7 nitrogen and oxygen atoms in total. The smallest absolute Gasteiger partial charge is 0.410 e. The molecule has 0 saturated heterocycles. The van der Waals surface area contributed by atoms with E-state index in [0.717, 1.165) is 0 Å². The molecule has 0 bridgehead atoms. The van der Waals surface area contributed by atoms with E-state index in [4.69, 9.17) is 14.2 Å². The fraction of sp³-hybridized carbons (Fsp3) is 0.688. The number of ether oxygens (including phenoxy) is 3.